The number of carbonyl (C=O) groups is 1. The summed E-state index contributed by atoms with van der Waals surface area (Å²) < 4.78 is 5.86. The number of aromatic nitrogens is 2. The minimum atomic E-state index is -0.0315. The van der Waals surface area contributed by atoms with Crippen molar-refractivity contribution < 1.29 is 9.21 Å². The zero-order valence-electron chi connectivity index (χ0n) is 17.3. The lowest BCUT2D eigenvalue weighted by Crippen LogP contribution is -2.26. The molecule has 3 aromatic carbocycles. The van der Waals surface area contributed by atoms with E-state index in [-0.39, 0.29) is 5.91 Å². The highest BCUT2D eigenvalue weighted by Crippen LogP contribution is 2.26. The molecule has 0 radical (unpaired) electrons. The maximum atomic E-state index is 12.8. The second-order valence-corrected chi connectivity index (χ2v) is 7.39. The summed E-state index contributed by atoms with van der Waals surface area (Å²) in [4.78, 5) is 14.5. The molecule has 1 aromatic heterocycles. The molecule has 5 heteroatoms. The molecular weight excluding hydrogens is 374 g/mol. The molecule has 1 amide bonds. The molecule has 4 rings (SSSR count). The van der Waals surface area contributed by atoms with E-state index in [1.165, 1.54) is 5.56 Å². The maximum Gasteiger partial charge on any atom is 0.253 e. The lowest BCUT2D eigenvalue weighted by molar-refractivity contribution is 0.0785. The van der Waals surface area contributed by atoms with Crippen molar-refractivity contribution in [2.45, 2.75) is 20.4 Å². The van der Waals surface area contributed by atoms with Crippen LogP contribution in [0.3, 0.4) is 0 Å². The van der Waals surface area contributed by atoms with Gasteiger partial charge < -0.3 is 9.32 Å². The van der Waals surface area contributed by atoms with Gasteiger partial charge in [0.25, 0.3) is 5.91 Å². The van der Waals surface area contributed by atoms with Crippen LogP contribution < -0.4 is 0 Å². The quantitative estimate of drug-likeness (QED) is 0.459. The van der Waals surface area contributed by atoms with Gasteiger partial charge in [-0.3, -0.25) is 4.79 Å². The molecule has 0 aliphatic carbocycles. The Labute approximate surface area is 176 Å². The molecule has 1 heterocycles. The Hall–Kier alpha value is -3.73. The Morgan fingerprint density at radius 2 is 1.47 bits per heavy atom. The third-order valence-corrected chi connectivity index (χ3v) is 5.19. The summed E-state index contributed by atoms with van der Waals surface area (Å²) in [5, 5.41) is 8.34. The van der Waals surface area contributed by atoms with Crippen molar-refractivity contribution in [3.63, 3.8) is 0 Å². The minimum absolute atomic E-state index is 0.0315. The standard InChI is InChI=1S/C25H23N3O2/c1-17-8-4-6-10-21(17)16-28(3)25(29)20-14-12-19(13-15-20)23-26-27-24(30-23)22-11-7-5-9-18(22)2/h4-15H,16H2,1-3H3. The van der Waals surface area contributed by atoms with Crippen molar-refractivity contribution in [1.29, 1.82) is 0 Å². The van der Waals surface area contributed by atoms with Gasteiger partial charge in [-0.1, -0.05) is 42.5 Å². The number of aryl methyl sites for hydroxylation is 2. The minimum Gasteiger partial charge on any atom is -0.416 e. The van der Waals surface area contributed by atoms with Crippen molar-refractivity contribution in [3.8, 4) is 22.9 Å². The zero-order valence-corrected chi connectivity index (χ0v) is 17.3. The number of hydrogen-bond acceptors (Lipinski definition) is 4. The molecule has 5 nitrogen and oxygen atoms in total. The molecule has 4 aromatic rings. The summed E-state index contributed by atoms with van der Waals surface area (Å²) in [7, 11) is 1.81. The normalized spacial score (nSPS) is 10.8. The van der Waals surface area contributed by atoms with Crippen LogP contribution in [-0.4, -0.2) is 28.1 Å². The fourth-order valence-corrected chi connectivity index (χ4v) is 3.35. The average Bonchev–Trinajstić information content (AvgIpc) is 3.25. The van der Waals surface area contributed by atoms with Gasteiger partial charge in [0.1, 0.15) is 0 Å². The van der Waals surface area contributed by atoms with Crippen molar-refractivity contribution >= 4 is 5.91 Å². The van der Waals surface area contributed by atoms with Crippen LogP contribution in [0.15, 0.2) is 77.2 Å². The average molecular weight is 397 g/mol. The van der Waals surface area contributed by atoms with E-state index in [0.29, 0.717) is 23.9 Å². The maximum absolute atomic E-state index is 12.8. The molecule has 0 aliphatic heterocycles. The third kappa shape index (κ3) is 4.01. The summed E-state index contributed by atoms with van der Waals surface area (Å²) in [6, 6.07) is 23.2. The number of carbonyl (C=O) groups excluding carboxylic acids is 1. The fourth-order valence-electron chi connectivity index (χ4n) is 3.35. The number of nitrogens with zero attached hydrogens (tertiary/aromatic N) is 3. The third-order valence-electron chi connectivity index (χ3n) is 5.19. The lowest BCUT2D eigenvalue weighted by atomic mass is 10.1. The van der Waals surface area contributed by atoms with E-state index in [2.05, 4.69) is 23.2 Å². The van der Waals surface area contributed by atoms with E-state index < -0.39 is 0 Å². The van der Waals surface area contributed by atoms with E-state index in [9.17, 15) is 4.79 Å². The Morgan fingerprint density at radius 3 is 2.17 bits per heavy atom. The van der Waals surface area contributed by atoms with Gasteiger partial charge >= 0.3 is 0 Å². The Morgan fingerprint density at radius 1 is 0.833 bits per heavy atom. The molecule has 0 spiro atoms. The van der Waals surface area contributed by atoms with Gasteiger partial charge in [-0.15, -0.1) is 10.2 Å². The van der Waals surface area contributed by atoms with Crippen LogP contribution in [0.25, 0.3) is 22.9 Å². The molecule has 0 N–H and O–H groups in total. The van der Waals surface area contributed by atoms with Crippen LogP contribution in [0, 0.1) is 13.8 Å². The summed E-state index contributed by atoms with van der Waals surface area (Å²) in [5.74, 6) is 0.887. The first-order valence-corrected chi connectivity index (χ1v) is 9.83. The topological polar surface area (TPSA) is 59.2 Å². The van der Waals surface area contributed by atoms with Crippen molar-refractivity contribution in [2.75, 3.05) is 7.05 Å². The molecule has 0 fully saturated rings. The SMILES string of the molecule is Cc1ccccc1CN(C)C(=O)c1ccc(-c2nnc(-c3ccccc3C)o2)cc1. The van der Waals surface area contributed by atoms with Crippen LogP contribution in [0.5, 0.6) is 0 Å². The first kappa shape index (κ1) is 19.6. The highest BCUT2D eigenvalue weighted by Gasteiger charge is 2.15. The number of amides is 1. The van der Waals surface area contributed by atoms with Gasteiger partial charge in [0.2, 0.25) is 11.8 Å². The molecule has 0 unspecified atom stereocenters. The van der Waals surface area contributed by atoms with Crippen molar-refractivity contribution in [3.05, 3.63) is 95.1 Å². The predicted molar refractivity (Wildman–Crippen MR) is 117 cm³/mol. The number of rotatable bonds is 5. The van der Waals surface area contributed by atoms with Gasteiger partial charge in [-0.2, -0.15) is 0 Å². The van der Waals surface area contributed by atoms with E-state index >= 15 is 0 Å². The smallest absolute Gasteiger partial charge is 0.253 e. The molecule has 0 saturated heterocycles. The largest absolute Gasteiger partial charge is 0.416 e. The molecule has 0 saturated carbocycles. The van der Waals surface area contributed by atoms with Crippen molar-refractivity contribution in [2.24, 2.45) is 0 Å². The Bertz CT molecular complexity index is 1180. The highest BCUT2D eigenvalue weighted by molar-refractivity contribution is 5.94. The summed E-state index contributed by atoms with van der Waals surface area (Å²) in [5.41, 5.74) is 5.70. The van der Waals surface area contributed by atoms with Gasteiger partial charge in [-0.25, -0.2) is 0 Å². The van der Waals surface area contributed by atoms with Gasteiger partial charge in [0.15, 0.2) is 0 Å². The molecule has 0 aliphatic rings. The molecule has 0 bridgehead atoms. The van der Waals surface area contributed by atoms with Gasteiger partial charge in [-0.05, 0) is 60.9 Å². The predicted octanol–water partition coefficient (Wildman–Crippen LogP) is 5.29. The van der Waals surface area contributed by atoms with E-state index in [1.807, 2.05) is 68.6 Å². The monoisotopic (exact) mass is 397 g/mol. The Kier molecular flexibility index (Phi) is 5.44. The molecule has 30 heavy (non-hydrogen) atoms. The number of benzene rings is 3. The van der Waals surface area contributed by atoms with Gasteiger partial charge in [0.05, 0.1) is 0 Å². The van der Waals surface area contributed by atoms with Crippen LogP contribution in [-0.2, 0) is 6.54 Å². The van der Waals surface area contributed by atoms with Crippen LogP contribution >= 0.6 is 0 Å². The Balaban J connectivity index is 1.50. The van der Waals surface area contributed by atoms with E-state index in [1.54, 1.807) is 17.0 Å². The second-order valence-electron chi connectivity index (χ2n) is 7.39. The van der Waals surface area contributed by atoms with E-state index in [0.717, 1.165) is 22.3 Å². The second kappa shape index (κ2) is 8.33. The molecule has 150 valence electrons. The first-order valence-electron chi connectivity index (χ1n) is 9.83. The van der Waals surface area contributed by atoms with E-state index in [4.69, 9.17) is 4.42 Å². The van der Waals surface area contributed by atoms with Gasteiger partial charge in [0, 0.05) is 30.3 Å². The van der Waals surface area contributed by atoms with Crippen LogP contribution in [0.4, 0.5) is 0 Å². The zero-order chi connectivity index (χ0) is 21.1. The van der Waals surface area contributed by atoms with Crippen molar-refractivity contribution in [1.82, 2.24) is 15.1 Å². The lowest BCUT2D eigenvalue weighted by Gasteiger charge is -2.18. The highest BCUT2D eigenvalue weighted by atomic mass is 16.4. The molecule has 0 atom stereocenters. The summed E-state index contributed by atoms with van der Waals surface area (Å²) >= 11 is 0. The summed E-state index contributed by atoms with van der Waals surface area (Å²) in [6.45, 7) is 4.63. The van der Waals surface area contributed by atoms with Crippen LogP contribution in [0.2, 0.25) is 0 Å². The first-order chi connectivity index (χ1) is 14.5. The summed E-state index contributed by atoms with van der Waals surface area (Å²) in [6.07, 6.45) is 0. The fraction of sp³-hybridized carbons (Fsp3) is 0.160. The number of hydrogen-bond donors (Lipinski definition) is 0. The van der Waals surface area contributed by atoms with Crippen LogP contribution in [0.1, 0.15) is 27.0 Å². The molecular formula is C25H23N3O2.